The molecule has 0 unspecified atom stereocenters. The van der Waals surface area contributed by atoms with Crippen LogP contribution in [0.15, 0.2) is 170 Å². The quantitative estimate of drug-likeness (QED) is 0.151. The molecule has 0 saturated heterocycles. The van der Waals surface area contributed by atoms with Gasteiger partial charge in [0.1, 0.15) is 0 Å². The zero-order valence-electron chi connectivity index (χ0n) is 37.0. The number of benzene rings is 7. The maximum Gasteiger partial charge on any atom is 0.164 e. The van der Waals surface area contributed by atoms with Crippen molar-refractivity contribution in [2.45, 2.75) is 77.4 Å². The fourth-order valence-electron chi connectivity index (χ4n) is 8.97. The minimum Gasteiger partial charge on any atom is -0.208 e. The predicted octanol–water partition coefficient (Wildman–Crippen LogP) is 14.0. The van der Waals surface area contributed by atoms with Gasteiger partial charge >= 0.3 is 0 Å². The summed E-state index contributed by atoms with van der Waals surface area (Å²) >= 11 is 0. The molecule has 61 heavy (non-hydrogen) atoms. The first-order valence-corrected chi connectivity index (χ1v) is 25.1. The highest BCUT2D eigenvalue weighted by Gasteiger charge is 2.46. The fraction of sp³-hybridized carbons (Fsp3) is 0.211. The molecule has 1 heterocycles. The van der Waals surface area contributed by atoms with Crippen molar-refractivity contribution in [2.75, 3.05) is 0 Å². The minimum atomic E-state index is -1.45. The SMILES string of the molecule is CC(C)(C)c1ccc(C2(c3ccc(C(C)(C)C)cc3)c3ccccc3-c3ccc(-c4ccc(-c5nc(-c6ccccc6)nc(-c6ccc([Si](C)(C)C)cc6)n5)cc4)cc32)cc1. The number of hydrogen-bond donors (Lipinski definition) is 0. The van der Waals surface area contributed by atoms with E-state index in [1.807, 2.05) is 18.2 Å². The Morgan fingerprint density at radius 1 is 0.377 bits per heavy atom. The minimum absolute atomic E-state index is 0.0514. The second-order valence-corrected chi connectivity index (χ2v) is 24.9. The van der Waals surface area contributed by atoms with E-state index in [2.05, 4.69) is 213 Å². The summed E-state index contributed by atoms with van der Waals surface area (Å²) in [5.41, 5.74) is 15.2. The van der Waals surface area contributed by atoms with E-state index in [1.165, 1.54) is 55.3 Å². The lowest BCUT2D eigenvalue weighted by atomic mass is 9.66. The Morgan fingerprint density at radius 3 is 1.28 bits per heavy atom. The van der Waals surface area contributed by atoms with Crippen molar-refractivity contribution in [3.05, 3.63) is 203 Å². The summed E-state index contributed by atoms with van der Waals surface area (Å²) in [5, 5.41) is 1.41. The van der Waals surface area contributed by atoms with Gasteiger partial charge in [-0.1, -0.05) is 230 Å². The number of fused-ring (bicyclic) bond motifs is 3. The maximum absolute atomic E-state index is 5.08. The van der Waals surface area contributed by atoms with Crippen LogP contribution in [0.5, 0.6) is 0 Å². The average molecular weight is 810 g/mol. The van der Waals surface area contributed by atoms with Crippen LogP contribution < -0.4 is 5.19 Å². The molecular weight excluding hydrogens is 755 g/mol. The van der Waals surface area contributed by atoms with Crippen molar-refractivity contribution in [1.82, 2.24) is 15.0 Å². The Kier molecular flexibility index (Phi) is 9.91. The van der Waals surface area contributed by atoms with Crippen molar-refractivity contribution < 1.29 is 0 Å². The molecule has 0 aliphatic heterocycles. The zero-order valence-corrected chi connectivity index (χ0v) is 38.0. The third-order valence-corrected chi connectivity index (χ3v) is 14.6. The summed E-state index contributed by atoms with van der Waals surface area (Å²) in [5.74, 6) is 2.00. The molecule has 9 rings (SSSR count). The molecule has 302 valence electrons. The van der Waals surface area contributed by atoms with Crippen LogP contribution in [-0.2, 0) is 16.2 Å². The Balaban J connectivity index is 1.16. The highest BCUT2D eigenvalue weighted by atomic mass is 28.3. The van der Waals surface area contributed by atoms with Gasteiger partial charge in [-0.25, -0.2) is 15.0 Å². The molecule has 0 fully saturated rings. The molecule has 1 aromatic heterocycles. The summed E-state index contributed by atoms with van der Waals surface area (Å²) < 4.78 is 0. The highest BCUT2D eigenvalue weighted by molar-refractivity contribution is 6.88. The maximum atomic E-state index is 5.08. The van der Waals surface area contributed by atoms with Crippen LogP contribution in [0.2, 0.25) is 19.6 Å². The van der Waals surface area contributed by atoms with Crippen LogP contribution in [0.1, 0.15) is 74.9 Å². The largest absolute Gasteiger partial charge is 0.208 e. The van der Waals surface area contributed by atoms with E-state index >= 15 is 0 Å². The third kappa shape index (κ3) is 7.38. The second-order valence-electron chi connectivity index (χ2n) is 19.8. The van der Waals surface area contributed by atoms with E-state index in [-0.39, 0.29) is 10.8 Å². The first-order chi connectivity index (χ1) is 29.1. The Labute approximate surface area is 363 Å². The van der Waals surface area contributed by atoms with E-state index in [4.69, 9.17) is 15.0 Å². The van der Waals surface area contributed by atoms with Gasteiger partial charge in [0.2, 0.25) is 0 Å². The van der Waals surface area contributed by atoms with Crippen molar-refractivity contribution in [3.63, 3.8) is 0 Å². The summed E-state index contributed by atoms with van der Waals surface area (Å²) in [4.78, 5) is 15.1. The van der Waals surface area contributed by atoms with Gasteiger partial charge in [0.25, 0.3) is 0 Å². The molecule has 0 bridgehead atoms. The Hall–Kier alpha value is -6.23. The van der Waals surface area contributed by atoms with E-state index in [0.717, 1.165) is 22.3 Å². The molecular formula is C57H55N3Si. The summed E-state index contributed by atoms with van der Waals surface area (Å²) in [6.07, 6.45) is 0. The number of hydrogen-bond acceptors (Lipinski definition) is 3. The first-order valence-electron chi connectivity index (χ1n) is 21.6. The Morgan fingerprint density at radius 2 is 0.787 bits per heavy atom. The molecule has 0 atom stereocenters. The average Bonchev–Trinajstić information content (AvgIpc) is 3.56. The lowest BCUT2D eigenvalue weighted by molar-refractivity contribution is 0.588. The van der Waals surface area contributed by atoms with Crippen LogP contribution in [0.4, 0.5) is 0 Å². The summed E-state index contributed by atoms with van der Waals surface area (Å²) in [6.45, 7) is 20.8. The molecule has 1 aliphatic carbocycles. The van der Waals surface area contributed by atoms with Gasteiger partial charge in [0.15, 0.2) is 17.5 Å². The van der Waals surface area contributed by atoms with Crippen molar-refractivity contribution in [1.29, 1.82) is 0 Å². The van der Waals surface area contributed by atoms with Crippen LogP contribution in [-0.4, -0.2) is 23.0 Å². The topological polar surface area (TPSA) is 38.7 Å². The van der Waals surface area contributed by atoms with Crippen molar-refractivity contribution in [2.24, 2.45) is 0 Å². The molecule has 0 spiro atoms. The summed E-state index contributed by atoms with van der Waals surface area (Å²) in [7, 11) is -1.45. The second kappa shape index (κ2) is 15.0. The van der Waals surface area contributed by atoms with E-state index in [9.17, 15) is 0 Å². The van der Waals surface area contributed by atoms with Gasteiger partial charge < -0.3 is 0 Å². The molecule has 1 aliphatic rings. The van der Waals surface area contributed by atoms with E-state index in [1.54, 1.807) is 0 Å². The van der Waals surface area contributed by atoms with Crippen LogP contribution in [0.3, 0.4) is 0 Å². The Bertz CT molecular complexity index is 2800. The third-order valence-electron chi connectivity index (χ3n) is 12.6. The first kappa shape index (κ1) is 40.2. The number of rotatable bonds is 7. The molecule has 0 amide bonds. The van der Waals surface area contributed by atoms with Crippen molar-refractivity contribution in [3.8, 4) is 56.4 Å². The van der Waals surface area contributed by atoms with Gasteiger partial charge in [-0.3, -0.25) is 0 Å². The van der Waals surface area contributed by atoms with Gasteiger partial charge in [-0.05, 0) is 72.5 Å². The lowest BCUT2D eigenvalue weighted by Gasteiger charge is -2.35. The number of aromatic nitrogens is 3. The molecule has 8 aromatic rings. The highest BCUT2D eigenvalue weighted by Crippen LogP contribution is 2.57. The standard InChI is InChI=1S/C57H55N3Si/c1-55(2,3)43-26-30-45(31-27-43)57(46-32-28-44(29-33-46)56(4,5)6)50-18-14-13-17-48(50)49-36-25-42(37-51(49)57)38-19-21-40(22-20-38)53-58-52(39-15-11-10-12-16-39)59-54(60-53)41-23-34-47(35-24-41)61(7,8)9/h10-37H,1-9H3. The van der Waals surface area contributed by atoms with Gasteiger partial charge in [0.05, 0.1) is 13.5 Å². The lowest BCUT2D eigenvalue weighted by Crippen LogP contribution is -2.37. The molecule has 3 nitrogen and oxygen atoms in total. The van der Waals surface area contributed by atoms with E-state index < -0.39 is 13.5 Å². The van der Waals surface area contributed by atoms with Crippen molar-refractivity contribution >= 4 is 13.3 Å². The molecule has 7 aromatic carbocycles. The molecule has 0 saturated carbocycles. The zero-order chi connectivity index (χ0) is 42.7. The molecule has 0 N–H and O–H groups in total. The molecule has 4 heteroatoms. The van der Waals surface area contributed by atoms with E-state index in [0.29, 0.717) is 17.5 Å². The van der Waals surface area contributed by atoms with Gasteiger partial charge in [0, 0.05) is 16.7 Å². The fourth-order valence-corrected chi connectivity index (χ4v) is 10.1. The summed E-state index contributed by atoms with van der Waals surface area (Å²) in [6, 6.07) is 62.7. The monoisotopic (exact) mass is 809 g/mol. The van der Waals surface area contributed by atoms with Crippen LogP contribution in [0, 0.1) is 0 Å². The van der Waals surface area contributed by atoms with Gasteiger partial charge in [-0.2, -0.15) is 0 Å². The van der Waals surface area contributed by atoms with Crippen LogP contribution >= 0.6 is 0 Å². The smallest absolute Gasteiger partial charge is 0.164 e. The number of nitrogens with zero attached hydrogens (tertiary/aromatic N) is 3. The van der Waals surface area contributed by atoms with Gasteiger partial charge in [-0.15, -0.1) is 0 Å². The predicted molar refractivity (Wildman–Crippen MR) is 259 cm³/mol. The molecule has 0 radical (unpaired) electrons. The van der Waals surface area contributed by atoms with Crippen LogP contribution in [0.25, 0.3) is 56.4 Å². The normalized spacial score (nSPS) is 13.5.